The number of phenols is 2. The van der Waals surface area contributed by atoms with Crippen LogP contribution < -0.4 is 10.6 Å². The van der Waals surface area contributed by atoms with Crippen LogP contribution in [0.5, 0.6) is 11.5 Å². The summed E-state index contributed by atoms with van der Waals surface area (Å²) >= 11 is 0. The van der Waals surface area contributed by atoms with Crippen LogP contribution in [0.1, 0.15) is 39.0 Å². The number of phenolic OH excluding ortho intramolecular Hbond substituents is 2. The average Bonchev–Trinajstić information content (AvgIpc) is 2.44. The highest BCUT2D eigenvalue weighted by Gasteiger charge is 2.20. The fourth-order valence-corrected chi connectivity index (χ4v) is 2.56. The molecule has 0 unspecified atom stereocenters. The Morgan fingerprint density at radius 1 is 1.25 bits per heavy atom. The van der Waals surface area contributed by atoms with Crippen LogP contribution in [-0.4, -0.2) is 28.2 Å². The van der Waals surface area contributed by atoms with Crippen molar-refractivity contribution in [2.24, 2.45) is 0 Å². The van der Waals surface area contributed by atoms with Gasteiger partial charge in [0.05, 0.1) is 11.7 Å². The Hall–Kier alpha value is -1.75. The van der Waals surface area contributed by atoms with Gasteiger partial charge in [0.2, 0.25) is 5.91 Å². The number of amides is 1. The monoisotopic (exact) mass is 278 g/mol. The first-order valence-corrected chi connectivity index (χ1v) is 7.15. The van der Waals surface area contributed by atoms with E-state index in [-0.39, 0.29) is 29.1 Å². The molecule has 1 saturated carbocycles. The van der Waals surface area contributed by atoms with Crippen LogP contribution in [0.3, 0.4) is 0 Å². The summed E-state index contributed by atoms with van der Waals surface area (Å²) in [6, 6.07) is 4.11. The Bertz CT molecular complexity index is 470. The van der Waals surface area contributed by atoms with Gasteiger partial charge in [-0.05, 0) is 31.9 Å². The van der Waals surface area contributed by atoms with E-state index in [1.807, 2.05) is 6.92 Å². The van der Waals surface area contributed by atoms with Gasteiger partial charge in [0.15, 0.2) is 0 Å². The Morgan fingerprint density at radius 3 is 2.65 bits per heavy atom. The molecule has 0 heterocycles. The summed E-state index contributed by atoms with van der Waals surface area (Å²) in [5.41, 5.74) is 0.229. The zero-order valence-corrected chi connectivity index (χ0v) is 11.7. The number of hydrogen-bond acceptors (Lipinski definition) is 4. The number of carbonyl (C=O) groups excluding carboxylic acids is 1. The lowest BCUT2D eigenvalue weighted by Gasteiger charge is -2.26. The molecule has 5 nitrogen and oxygen atoms in total. The standard InChI is InChI=1S/C15H22N2O3/c1-10(16-11-5-3-2-4-6-11)15(20)17-13-9-12(18)7-8-14(13)19/h7-11,16,18-19H,2-6H2,1H3,(H,17,20)/t10-/m1/s1. The van der Waals surface area contributed by atoms with Crippen molar-refractivity contribution in [1.82, 2.24) is 5.32 Å². The van der Waals surface area contributed by atoms with E-state index in [0.29, 0.717) is 6.04 Å². The van der Waals surface area contributed by atoms with E-state index in [1.165, 1.54) is 37.5 Å². The number of anilines is 1. The van der Waals surface area contributed by atoms with E-state index >= 15 is 0 Å². The summed E-state index contributed by atoms with van der Waals surface area (Å²) in [5, 5.41) is 25.0. The van der Waals surface area contributed by atoms with Gasteiger partial charge >= 0.3 is 0 Å². The molecule has 0 aliphatic heterocycles. The number of aromatic hydroxyl groups is 2. The van der Waals surface area contributed by atoms with Gasteiger partial charge in [-0.15, -0.1) is 0 Å². The Balaban J connectivity index is 1.91. The molecule has 1 aliphatic rings. The third kappa shape index (κ3) is 3.87. The van der Waals surface area contributed by atoms with Crippen LogP contribution in [0.4, 0.5) is 5.69 Å². The first kappa shape index (κ1) is 14.7. The van der Waals surface area contributed by atoms with Crippen LogP contribution in [0.15, 0.2) is 18.2 Å². The topological polar surface area (TPSA) is 81.6 Å². The van der Waals surface area contributed by atoms with Crippen LogP contribution in [0.25, 0.3) is 0 Å². The number of rotatable bonds is 4. The molecule has 20 heavy (non-hydrogen) atoms. The molecule has 0 bridgehead atoms. The van der Waals surface area contributed by atoms with E-state index in [9.17, 15) is 15.0 Å². The van der Waals surface area contributed by atoms with Crippen molar-refractivity contribution in [1.29, 1.82) is 0 Å². The first-order chi connectivity index (χ1) is 9.56. The lowest BCUT2D eigenvalue weighted by molar-refractivity contribution is -0.118. The smallest absolute Gasteiger partial charge is 0.241 e. The van der Waals surface area contributed by atoms with Crippen LogP contribution in [-0.2, 0) is 4.79 Å². The molecule has 0 spiro atoms. The highest BCUT2D eigenvalue weighted by atomic mass is 16.3. The zero-order valence-electron chi connectivity index (χ0n) is 11.7. The van der Waals surface area contributed by atoms with Crippen LogP contribution in [0.2, 0.25) is 0 Å². The zero-order chi connectivity index (χ0) is 14.5. The maximum Gasteiger partial charge on any atom is 0.241 e. The average molecular weight is 278 g/mol. The molecule has 5 heteroatoms. The van der Waals surface area contributed by atoms with E-state index < -0.39 is 0 Å². The second-order valence-corrected chi connectivity index (χ2v) is 5.41. The highest BCUT2D eigenvalue weighted by molar-refractivity contribution is 5.96. The van der Waals surface area contributed by atoms with Gasteiger partial charge in [0.1, 0.15) is 11.5 Å². The van der Waals surface area contributed by atoms with Gasteiger partial charge in [0, 0.05) is 12.1 Å². The van der Waals surface area contributed by atoms with Crippen molar-refractivity contribution in [3.8, 4) is 11.5 Å². The minimum Gasteiger partial charge on any atom is -0.508 e. The Kier molecular flexibility index (Phi) is 4.84. The molecule has 0 aromatic heterocycles. The number of carbonyl (C=O) groups is 1. The normalized spacial score (nSPS) is 17.6. The SMILES string of the molecule is C[C@@H](NC1CCCCC1)C(=O)Nc1cc(O)ccc1O. The molecule has 110 valence electrons. The van der Waals surface area contributed by atoms with Crippen molar-refractivity contribution in [3.05, 3.63) is 18.2 Å². The molecule has 0 radical (unpaired) electrons. The van der Waals surface area contributed by atoms with Gasteiger partial charge in [-0.2, -0.15) is 0 Å². The summed E-state index contributed by atoms with van der Waals surface area (Å²) in [7, 11) is 0. The van der Waals surface area contributed by atoms with Crippen molar-refractivity contribution in [2.45, 2.75) is 51.1 Å². The van der Waals surface area contributed by atoms with E-state index in [2.05, 4.69) is 10.6 Å². The molecular formula is C15H22N2O3. The molecular weight excluding hydrogens is 256 g/mol. The predicted octanol–water partition coefficient (Wildman–Crippen LogP) is 2.35. The lowest BCUT2D eigenvalue weighted by Crippen LogP contribution is -2.44. The van der Waals surface area contributed by atoms with Crippen LogP contribution in [0, 0.1) is 0 Å². The maximum atomic E-state index is 12.1. The minimum absolute atomic E-state index is 0.00555. The summed E-state index contributed by atoms with van der Waals surface area (Å²) in [5.74, 6) is -0.261. The molecule has 4 N–H and O–H groups in total. The van der Waals surface area contributed by atoms with Crippen molar-refractivity contribution in [2.75, 3.05) is 5.32 Å². The second-order valence-electron chi connectivity index (χ2n) is 5.41. The molecule has 0 saturated heterocycles. The minimum atomic E-state index is -0.333. The molecule has 1 amide bonds. The van der Waals surface area contributed by atoms with Crippen molar-refractivity contribution < 1.29 is 15.0 Å². The third-order valence-electron chi connectivity index (χ3n) is 3.72. The molecule has 2 rings (SSSR count). The quantitative estimate of drug-likeness (QED) is 0.503. The fourth-order valence-electron chi connectivity index (χ4n) is 2.56. The molecule has 1 fully saturated rings. The Morgan fingerprint density at radius 2 is 1.95 bits per heavy atom. The van der Waals surface area contributed by atoms with E-state index in [4.69, 9.17) is 0 Å². The largest absolute Gasteiger partial charge is 0.508 e. The Labute approximate surface area is 119 Å². The summed E-state index contributed by atoms with van der Waals surface area (Å²) < 4.78 is 0. The molecule has 1 aromatic carbocycles. The van der Waals surface area contributed by atoms with Gasteiger partial charge in [0.25, 0.3) is 0 Å². The van der Waals surface area contributed by atoms with E-state index in [1.54, 1.807) is 0 Å². The van der Waals surface area contributed by atoms with Crippen LogP contribution >= 0.6 is 0 Å². The number of hydrogen-bond donors (Lipinski definition) is 4. The third-order valence-corrected chi connectivity index (χ3v) is 3.72. The first-order valence-electron chi connectivity index (χ1n) is 7.15. The second kappa shape index (κ2) is 6.61. The lowest BCUT2D eigenvalue weighted by atomic mass is 9.95. The van der Waals surface area contributed by atoms with Gasteiger partial charge < -0.3 is 20.8 Å². The van der Waals surface area contributed by atoms with Gasteiger partial charge in [-0.1, -0.05) is 19.3 Å². The fraction of sp³-hybridized carbons (Fsp3) is 0.533. The van der Waals surface area contributed by atoms with Gasteiger partial charge in [-0.25, -0.2) is 0 Å². The molecule has 1 aromatic rings. The van der Waals surface area contributed by atoms with Gasteiger partial charge in [-0.3, -0.25) is 4.79 Å². The maximum absolute atomic E-state index is 12.1. The summed E-state index contributed by atoms with van der Waals surface area (Å²) in [4.78, 5) is 12.1. The predicted molar refractivity (Wildman–Crippen MR) is 77.9 cm³/mol. The molecule has 1 aliphatic carbocycles. The molecule has 1 atom stereocenters. The summed E-state index contributed by atoms with van der Waals surface area (Å²) in [6.07, 6.45) is 5.90. The number of benzene rings is 1. The van der Waals surface area contributed by atoms with E-state index in [0.717, 1.165) is 12.8 Å². The highest BCUT2D eigenvalue weighted by Crippen LogP contribution is 2.27. The summed E-state index contributed by atoms with van der Waals surface area (Å²) in [6.45, 7) is 1.81. The van der Waals surface area contributed by atoms with Crippen molar-refractivity contribution >= 4 is 11.6 Å². The van der Waals surface area contributed by atoms with Crippen molar-refractivity contribution in [3.63, 3.8) is 0 Å². The number of nitrogens with one attached hydrogen (secondary N) is 2.